The van der Waals surface area contributed by atoms with Crippen molar-refractivity contribution in [2.45, 2.75) is 6.04 Å². The highest BCUT2D eigenvalue weighted by Gasteiger charge is 2.30. The number of pyridine rings is 1. The van der Waals surface area contributed by atoms with Crippen LogP contribution in [0.3, 0.4) is 0 Å². The van der Waals surface area contributed by atoms with Crippen LogP contribution in [-0.4, -0.2) is 19.7 Å². The average molecular weight is 365 g/mol. The first kappa shape index (κ1) is 16.0. The number of benzene rings is 2. The summed E-state index contributed by atoms with van der Waals surface area (Å²) in [6, 6.07) is 19.6. The molecule has 1 aliphatic rings. The zero-order chi connectivity index (χ0) is 19.1. The Labute approximate surface area is 160 Å². The molecule has 1 aliphatic heterocycles. The molecular formula is C21H15N7. The molecule has 0 saturated heterocycles. The molecule has 1 atom stereocenters. The second kappa shape index (κ2) is 6.21. The lowest BCUT2D eigenvalue weighted by Crippen LogP contribution is -2.27. The maximum Gasteiger partial charge on any atom is 0.228 e. The van der Waals surface area contributed by atoms with Crippen LogP contribution in [0.5, 0.6) is 0 Å². The first-order valence-corrected chi connectivity index (χ1v) is 8.78. The summed E-state index contributed by atoms with van der Waals surface area (Å²) in [5, 5.41) is 19.8. The van der Waals surface area contributed by atoms with Crippen LogP contribution in [0.25, 0.3) is 28.0 Å². The van der Waals surface area contributed by atoms with E-state index in [1.165, 1.54) is 4.68 Å². The molecule has 0 aliphatic carbocycles. The highest BCUT2D eigenvalue weighted by molar-refractivity contribution is 5.87. The summed E-state index contributed by atoms with van der Waals surface area (Å²) in [7, 11) is 0. The van der Waals surface area contributed by atoms with Crippen LogP contribution in [0.1, 0.15) is 11.6 Å². The quantitative estimate of drug-likeness (QED) is 0.564. The van der Waals surface area contributed by atoms with E-state index < -0.39 is 6.04 Å². The molecular weight excluding hydrogens is 350 g/mol. The van der Waals surface area contributed by atoms with Crippen molar-refractivity contribution in [3.63, 3.8) is 0 Å². The van der Waals surface area contributed by atoms with Crippen LogP contribution < -0.4 is 11.1 Å². The number of aromatic nitrogens is 4. The first-order chi connectivity index (χ1) is 13.8. The monoisotopic (exact) mass is 365 g/mol. The zero-order valence-corrected chi connectivity index (χ0v) is 14.7. The van der Waals surface area contributed by atoms with Crippen molar-refractivity contribution in [1.82, 2.24) is 19.7 Å². The van der Waals surface area contributed by atoms with Crippen LogP contribution in [0, 0.1) is 11.3 Å². The van der Waals surface area contributed by atoms with Gasteiger partial charge in [0.2, 0.25) is 5.95 Å². The number of nitrogens with one attached hydrogen (secondary N) is 1. The highest BCUT2D eigenvalue weighted by Crippen LogP contribution is 2.36. The van der Waals surface area contributed by atoms with Gasteiger partial charge in [-0.25, -0.2) is 0 Å². The van der Waals surface area contributed by atoms with E-state index in [4.69, 9.17) is 5.73 Å². The van der Waals surface area contributed by atoms with Crippen molar-refractivity contribution in [1.29, 1.82) is 5.26 Å². The molecule has 0 fully saturated rings. The van der Waals surface area contributed by atoms with Gasteiger partial charge in [-0.3, -0.25) is 4.98 Å². The lowest BCUT2D eigenvalue weighted by atomic mass is 9.93. The normalized spacial score (nSPS) is 15.8. The van der Waals surface area contributed by atoms with Gasteiger partial charge >= 0.3 is 0 Å². The van der Waals surface area contributed by atoms with Gasteiger partial charge in [0.25, 0.3) is 0 Å². The minimum atomic E-state index is -0.405. The lowest BCUT2D eigenvalue weighted by Gasteiger charge is -2.26. The summed E-state index contributed by atoms with van der Waals surface area (Å²) in [5.74, 6) is 1.30. The van der Waals surface area contributed by atoms with Crippen molar-refractivity contribution >= 4 is 22.5 Å². The van der Waals surface area contributed by atoms with Gasteiger partial charge in [-0.2, -0.15) is 14.9 Å². The first-order valence-electron chi connectivity index (χ1n) is 8.78. The molecule has 134 valence electrons. The maximum absolute atomic E-state index is 9.82. The minimum absolute atomic E-state index is 0.280. The molecule has 4 aromatic rings. The van der Waals surface area contributed by atoms with Crippen LogP contribution in [0.15, 0.2) is 72.6 Å². The van der Waals surface area contributed by atoms with E-state index in [2.05, 4.69) is 26.5 Å². The molecule has 0 bridgehead atoms. The molecule has 5 rings (SSSR count). The number of anilines is 1. The number of hydrogen-bond donors (Lipinski definition) is 2. The van der Waals surface area contributed by atoms with Crippen molar-refractivity contribution < 1.29 is 0 Å². The molecule has 0 radical (unpaired) electrons. The fourth-order valence-corrected chi connectivity index (χ4v) is 3.52. The van der Waals surface area contributed by atoms with Gasteiger partial charge in [-0.1, -0.05) is 42.5 Å². The summed E-state index contributed by atoms with van der Waals surface area (Å²) < 4.78 is 1.48. The van der Waals surface area contributed by atoms with Gasteiger partial charge < -0.3 is 11.1 Å². The third-order valence-corrected chi connectivity index (χ3v) is 4.87. The number of fused-ring (bicyclic) bond motifs is 2. The Kier molecular flexibility index (Phi) is 3.56. The van der Waals surface area contributed by atoms with Crippen LogP contribution in [0.2, 0.25) is 0 Å². The van der Waals surface area contributed by atoms with E-state index in [1.807, 2.05) is 54.6 Å². The van der Waals surface area contributed by atoms with Gasteiger partial charge in [0.1, 0.15) is 11.9 Å². The third kappa shape index (κ3) is 2.40. The molecule has 3 heterocycles. The van der Waals surface area contributed by atoms with Crippen molar-refractivity contribution in [2.24, 2.45) is 5.73 Å². The summed E-state index contributed by atoms with van der Waals surface area (Å²) in [4.78, 5) is 8.60. The molecule has 0 spiro atoms. The number of rotatable bonds is 2. The second-order valence-electron chi connectivity index (χ2n) is 6.46. The third-order valence-electron chi connectivity index (χ3n) is 4.87. The lowest BCUT2D eigenvalue weighted by molar-refractivity contribution is 0.799. The molecule has 28 heavy (non-hydrogen) atoms. The van der Waals surface area contributed by atoms with Gasteiger partial charge in [0, 0.05) is 18.0 Å². The molecule has 0 amide bonds. The minimum Gasteiger partial charge on any atom is -0.383 e. The van der Waals surface area contributed by atoms with E-state index in [0.717, 1.165) is 21.9 Å². The number of hydrogen-bond acceptors (Lipinski definition) is 6. The molecule has 2 aromatic carbocycles. The highest BCUT2D eigenvalue weighted by atomic mass is 15.4. The van der Waals surface area contributed by atoms with Gasteiger partial charge in [-0.15, -0.1) is 5.10 Å². The average Bonchev–Trinajstić information content (AvgIpc) is 3.18. The smallest absolute Gasteiger partial charge is 0.228 e. The standard InChI is InChI=1S/C21H15N7/c22-12-17-18(16-7-3-5-13-4-1-2-6-15(13)16)25-21-26-20(27-28(21)19(17)23)14-8-10-24-11-9-14/h1-11,18H,23H2,(H,25,26,27). The number of nitrogens with two attached hydrogens (primary N) is 1. The zero-order valence-electron chi connectivity index (χ0n) is 14.7. The summed E-state index contributed by atoms with van der Waals surface area (Å²) >= 11 is 0. The number of nitriles is 1. The number of nitrogens with zero attached hydrogens (tertiary/aromatic N) is 5. The Morgan fingerprint density at radius 3 is 2.64 bits per heavy atom. The molecule has 1 unspecified atom stereocenters. The Morgan fingerprint density at radius 2 is 1.82 bits per heavy atom. The van der Waals surface area contributed by atoms with Gasteiger partial charge in [0.15, 0.2) is 5.82 Å². The molecule has 7 heteroatoms. The predicted molar refractivity (Wildman–Crippen MR) is 107 cm³/mol. The molecule has 7 nitrogen and oxygen atoms in total. The summed E-state index contributed by atoms with van der Waals surface area (Å²) in [6.45, 7) is 0. The predicted octanol–water partition coefficient (Wildman–Crippen LogP) is 3.31. The molecule has 2 aromatic heterocycles. The Balaban J connectivity index is 1.66. The SMILES string of the molecule is N#CC1=C(N)n2nc(-c3ccncc3)nc2NC1c1cccc2ccccc12. The largest absolute Gasteiger partial charge is 0.383 e. The Morgan fingerprint density at radius 1 is 1.04 bits per heavy atom. The fourth-order valence-electron chi connectivity index (χ4n) is 3.52. The summed E-state index contributed by atoms with van der Waals surface area (Å²) in [5.41, 5.74) is 8.54. The van der Waals surface area contributed by atoms with E-state index in [1.54, 1.807) is 12.4 Å². The fraction of sp³-hybridized carbons (Fsp3) is 0.0476. The summed E-state index contributed by atoms with van der Waals surface area (Å²) in [6.07, 6.45) is 3.36. The van der Waals surface area contributed by atoms with Crippen LogP contribution in [-0.2, 0) is 0 Å². The van der Waals surface area contributed by atoms with Crippen LogP contribution >= 0.6 is 0 Å². The van der Waals surface area contributed by atoms with Crippen molar-refractivity contribution in [2.75, 3.05) is 5.32 Å². The van der Waals surface area contributed by atoms with Crippen LogP contribution in [0.4, 0.5) is 5.95 Å². The van der Waals surface area contributed by atoms with E-state index in [-0.39, 0.29) is 5.82 Å². The Bertz CT molecular complexity index is 1260. The molecule has 0 saturated carbocycles. The maximum atomic E-state index is 9.82. The van der Waals surface area contributed by atoms with Crippen molar-refractivity contribution in [3.8, 4) is 17.5 Å². The topological polar surface area (TPSA) is 105 Å². The van der Waals surface area contributed by atoms with Gasteiger partial charge in [0.05, 0.1) is 11.6 Å². The van der Waals surface area contributed by atoms with Gasteiger partial charge in [-0.05, 0) is 28.5 Å². The Hall–Kier alpha value is -4.18. The van der Waals surface area contributed by atoms with E-state index in [0.29, 0.717) is 17.3 Å². The van der Waals surface area contributed by atoms with E-state index >= 15 is 0 Å². The van der Waals surface area contributed by atoms with E-state index in [9.17, 15) is 5.26 Å². The second-order valence-corrected chi connectivity index (χ2v) is 6.46. The van der Waals surface area contributed by atoms with Crippen molar-refractivity contribution in [3.05, 3.63) is 78.1 Å². The molecule has 3 N–H and O–H groups in total.